The molecule has 6 aromatic rings. The maximum Gasteiger partial charge on any atom is 0.436 e. The molecule has 5 aromatic heterocycles. The molecule has 37 heavy (non-hydrogen) atoms. The van der Waals surface area contributed by atoms with Gasteiger partial charge in [0.15, 0.2) is 5.54 Å². The van der Waals surface area contributed by atoms with E-state index in [-0.39, 0.29) is 11.9 Å². The van der Waals surface area contributed by atoms with Crippen LogP contribution in [0.15, 0.2) is 70.4 Å². The van der Waals surface area contributed by atoms with Gasteiger partial charge < -0.3 is 14.4 Å². The molecule has 1 aliphatic rings. The minimum atomic E-state index is -1.17. The second kappa shape index (κ2) is 7.83. The molecule has 0 fully saturated rings. The van der Waals surface area contributed by atoms with E-state index < -0.39 is 17.1 Å². The normalized spacial score (nSPS) is 19.4. The van der Waals surface area contributed by atoms with E-state index in [1.165, 1.54) is 12.3 Å². The molecule has 1 aromatic carbocycles. The van der Waals surface area contributed by atoms with Crippen molar-refractivity contribution in [1.29, 1.82) is 0 Å². The molecule has 0 bridgehead atoms. The standard InChI is InChI=1S/C25H20FN9O2/c1-35-24(36)37-23(34-35)25(13-9-29-30-10-13)21-16(15-4-2-3-5-17(15)31-21)8-19(33-25)22-28-12-20(32-22)18-7-6-14(26)11-27-18/h2-7,9-12,19,31,33H,8H2,1H3,(H,28,32)(H,29,30)/t19-,25-/m1/s1. The molecule has 11 nitrogen and oxygen atoms in total. The lowest BCUT2D eigenvalue weighted by Gasteiger charge is -2.38. The molecular formula is C25H20FN9O2. The highest BCUT2D eigenvalue weighted by atomic mass is 19.1. The Kier molecular flexibility index (Phi) is 4.54. The Bertz CT molecular complexity index is 1800. The number of halogens is 1. The van der Waals surface area contributed by atoms with Crippen molar-refractivity contribution in [2.45, 2.75) is 18.0 Å². The van der Waals surface area contributed by atoms with E-state index in [1.54, 1.807) is 31.7 Å². The van der Waals surface area contributed by atoms with E-state index in [4.69, 9.17) is 4.42 Å². The number of hydrogen-bond donors (Lipinski definition) is 4. The molecule has 0 spiro atoms. The number of nitrogens with zero attached hydrogens (tertiary/aromatic N) is 5. The van der Waals surface area contributed by atoms with Crippen LogP contribution in [0.2, 0.25) is 0 Å². The van der Waals surface area contributed by atoms with Crippen LogP contribution in [0.25, 0.3) is 22.3 Å². The molecule has 12 heteroatoms. The van der Waals surface area contributed by atoms with Crippen molar-refractivity contribution in [1.82, 2.24) is 45.2 Å². The number of aromatic nitrogens is 8. The molecule has 0 aliphatic carbocycles. The summed E-state index contributed by atoms with van der Waals surface area (Å²) in [6, 6.07) is 10.6. The lowest BCUT2D eigenvalue weighted by atomic mass is 9.79. The summed E-state index contributed by atoms with van der Waals surface area (Å²) in [5, 5.41) is 16.2. The predicted octanol–water partition coefficient (Wildman–Crippen LogP) is 2.68. The highest BCUT2D eigenvalue weighted by Gasteiger charge is 2.50. The van der Waals surface area contributed by atoms with Gasteiger partial charge in [0.1, 0.15) is 11.6 Å². The third kappa shape index (κ3) is 3.19. The first kappa shape index (κ1) is 21.4. The van der Waals surface area contributed by atoms with Gasteiger partial charge in [-0.1, -0.05) is 18.2 Å². The van der Waals surface area contributed by atoms with Crippen LogP contribution in [0.3, 0.4) is 0 Å². The molecule has 1 aliphatic heterocycles. The molecule has 0 amide bonds. The molecule has 0 radical (unpaired) electrons. The molecule has 2 atom stereocenters. The van der Waals surface area contributed by atoms with Crippen molar-refractivity contribution in [2.75, 3.05) is 0 Å². The van der Waals surface area contributed by atoms with Gasteiger partial charge in [0.05, 0.1) is 41.7 Å². The summed E-state index contributed by atoms with van der Waals surface area (Å²) in [5.41, 5.74) is 3.54. The van der Waals surface area contributed by atoms with Crippen LogP contribution in [0, 0.1) is 5.82 Å². The van der Waals surface area contributed by atoms with Gasteiger partial charge in [-0.15, -0.1) is 5.10 Å². The summed E-state index contributed by atoms with van der Waals surface area (Å²) in [7, 11) is 1.54. The number of aromatic amines is 3. The SMILES string of the molecule is Cn1nc([C@]2(c3cn[nH]c3)N[C@@H](c3ncc(-c4ccc(F)cn4)[nH]3)Cc3c2[nH]c2ccccc32)oc1=O. The fraction of sp³-hybridized carbons (Fsp3) is 0.160. The maximum absolute atomic E-state index is 13.4. The summed E-state index contributed by atoms with van der Waals surface area (Å²) in [5.74, 6) is -0.178. The lowest BCUT2D eigenvalue weighted by Crippen LogP contribution is -2.51. The topological polar surface area (TPSA) is 146 Å². The number of benzene rings is 1. The molecule has 4 N–H and O–H groups in total. The lowest BCUT2D eigenvalue weighted by molar-refractivity contribution is 0.284. The Labute approximate surface area is 207 Å². The zero-order valence-corrected chi connectivity index (χ0v) is 19.5. The summed E-state index contributed by atoms with van der Waals surface area (Å²) < 4.78 is 20.3. The van der Waals surface area contributed by atoms with E-state index in [2.05, 4.69) is 46.6 Å². The van der Waals surface area contributed by atoms with Gasteiger partial charge in [-0.3, -0.25) is 15.4 Å². The quantitative estimate of drug-likeness (QED) is 0.293. The van der Waals surface area contributed by atoms with Crippen molar-refractivity contribution in [3.63, 3.8) is 0 Å². The van der Waals surface area contributed by atoms with Crippen LogP contribution in [0.4, 0.5) is 4.39 Å². The third-order valence-electron chi connectivity index (χ3n) is 6.86. The minimum Gasteiger partial charge on any atom is -0.389 e. The number of para-hydroxylation sites is 1. The van der Waals surface area contributed by atoms with Crippen LogP contribution in [0.5, 0.6) is 0 Å². The molecule has 6 heterocycles. The predicted molar refractivity (Wildman–Crippen MR) is 130 cm³/mol. The summed E-state index contributed by atoms with van der Waals surface area (Å²) in [4.78, 5) is 28.1. The van der Waals surface area contributed by atoms with Crippen LogP contribution in [0.1, 0.15) is 34.6 Å². The van der Waals surface area contributed by atoms with E-state index in [1.807, 2.05) is 18.2 Å². The number of rotatable bonds is 4. The number of pyridine rings is 1. The molecule has 184 valence electrons. The van der Waals surface area contributed by atoms with E-state index in [9.17, 15) is 9.18 Å². The molecular weight excluding hydrogens is 477 g/mol. The van der Waals surface area contributed by atoms with Crippen LogP contribution >= 0.6 is 0 Å². The van der Waals surface area contributed by atoms with Gasteiger partial charge >= 0.3 is 5.76 Å². The van der Waals surface area contributed by atoms with Gasteiger partial charge in [-0.2, -0.15) is 9.78 Å². The fourth-order valence-corrected chi connectivity index (χ4v) is 5.14. The number of fused-ring (bicyclic) bond motifs is 3. The molecule has 0 saturated carbocycles. The van der Waals surface area contributed by atoms with Gasteiger partial charge in [0.25, 0.3) is 0 Å². The zero-order chi connectivity index (χ0) is 25.1. The van der Waals surface area contributed by atoms with Gasteiger partial charge in [0.2, 0.25) is 5.89 Å². The van der Waals surface area contributed by atoms with E-state index >= 15 is 0 Å². The number of aryl methyl sites for hydroxylation is 1. The molecule has 0 unspecified atom stereocenters. The van der Waals surface area contributed by atoms with Crippen LogP contribution in [-0.2, 0) is 19.0 Å². The Morgan fingerprint density at radius 2 is 2.00 bits per heavy atom. The highest BCUT2D eigenvalue weighted by Crippen LogP contribution is 2.45. The van der Waals surface area contributed by atoms with Crippen molar-refractivity contribution in [3.8, 4) is 11.4 Å². The number of imidazole rings is 1. The fourth-order valence-electron chi connectivity index (χ4n) is 5.14. The van der Waals surface area contributed by atoms with Crippen molar-refractivity contribution in [3.05, 3.63) is 106 Å². The average molecular weight is 497 g/mol. The first-order valence-electron chi connectivity index (χ1n) is 11.6. The summed E-state index contributed by atoms with van der Waals surface area (Å²) >= 11 is 0. The Morgan fingerprint density at radius 3 is 2.76 bits per heavy atom. The summed E-state index contributed by atoms with van der Waals surface area (Å²) in [6.45, 7) is 0. The Hall–Kier alpha value is -4.84. The van der Waals surface area contributed by atoms with E-state index in [0.29, 0.717) is 29.2 Å². The number of H-pyrrole nitrogens is 3. The largest absolute Gasteiger partial charge is 0.436 e. The van der Waals surface area contributed by atoms with Crippen molar-refractivity contribution in [2.24, 2.45) is 7.05 Å². The maximum atomic E-state index is 13.4. The number of nitrogens with one attached hydrogen (secondary N) is 4. The van der Waals surface area contributed by atoms with E-state index in [0.717, 1.165) is 26.8 Å². The third-order valence-corrected chi connectivity index (χ3v) is 6.86. The average Bonchev–Trinajstić information content (AvgIpc) is 3.71. The first-order valence-corrected chi connectivity index (χ1v) is 11.6. The molecule has 0 saturated heterocycles. The Balaban J connectivity index is 1.45. The monoisotopic (exact) mass is 497 g/mol. The van der Waals surface area contributed by atoms with Crippen LogP contribution < -0.4 is 11.1 Å². The second-order valence-corrected chi connectivity index (χ2v) is 9.00. The second-order valence-electron chi connectivity index (χ2n) is 9.00. The highest BCUT2D eigenvalue weighted by molar-refractivity contribution is 5.86. The van der Waals surface area contributed by atoms with Gasteiger partial charge in [-0.25, -0.2) is 14.2 Å². The van der Waals surface area contributed by atoms with Gasteiger partial charge in [0, 0.05) is 29.7 Å². The first-order chi connectivity index (χ1) is 18.0. The minimum absolute atomic E-state index is 0.172. The summed E-state index contributed by atoms with van der Waals surface area (Å²) in [6.07, 6.45) is 6.84. The molecule has 7 rings (SSSR count). The number of hydrogen-bond acceptors (Lipinski definition) is 7. The smallest absolute Gasteiger partial charge is 0.389 e. The van der Waals surface area contributed by atoms with Crippen molar-refractivity contribution >= 4 is 10.9 Å². The Morgan fingerprint density at radius 1 is 1.11 bits per heavy atom. The van der Waals surface area contributed by atoms with Gasteiger partial charge in [-0.05, 0) is 30.2 Å². The van der Waals surface area contributed by atoms with Crippen LogP contribution in [-0.4, -0.2) is 39.9 Å². The van der Waals surface area contributed by atoms with Crippen molar-refractivity contribution < 1.29 is 8.81 Å². The zero-order valence-electron chi connectivity index (χ0n) is 19.5.